The van der Waals surface area contributed by atoms with E-state index >= 15 is 0 Å². The summed E-state index contributed by atoms with van der Waals surface area (Å²) < 4.78 is 38.2. The fourth-order valence-electron chi connectivity index (χ4n) is 3.76. The Balaban J connectivity index is 1.63. The number of likely N-dealkylation sites (tertiary alicyclic amines) is 1. The molecule has 1 aliphatic carbocycles. The predicted octanol–water partition coefficient (Wildman–Crippen LogP) is 4.75. The van der Waals surface area contributed by atoms with Gasteiger partial charge < -0.3 is 10.2 Å². The molecule has 0 bridgehead atoms. The highest BCUT2D eigenvalue weighted by Crippen LogP contribution is 2.36. The van der Waals surface area contributed by atoms with Gasteiger partial charge in [0.25, 0.3) is 0 Å². The quantitative estimate of drug-likeness (QED) is 0.793. The molecular formula is C17H21F3N2O. The molecule has 1 N–H and O–H groups in total. The fourth-order valence-corrected chi connectivity index (χ4v) is 3.76. The van der Waals surface area contributed by atoms with Crippen LogP contribution in [-0.4, -0.2) is 24.0 Å². The average Bonchev–Trinajstić information content (AvgIpc) is 2.54. The van der Waals surface area contributed by atoms with Crippen LogP contribution in [0.1, 0.15) is 37.7 Å². The fraction of sp³-hybridized carbons (Fsp3) is 0.588. The van der Waals surface area contributed by atoms with Crippen molar-refractivity contribution in [1.29, 1.82) is 0 Å². The number of hydrogen-bond acceptors (Lipinski definition) is 1. The van der Waals surface area contributed by atoms with Gasteiger partial charge in [0.2, 0.25) is 0 Å². The van der Waals surface area contributed by atoms with Crippen LogP contribution in [0.15, 0.2) is 24.3 Å². The van der Waals surface area contributed by atoms with Crippen molar-refractivity contribution in [3.63, 3.8) is 0 Å². The third-order valence-corrected chi connectivity index (χ3v) is 5.02. The van der Waals surface area contributed by atoms with E-state index in [9.17, 15) is 18.0 Å². The van der Waals surface area contributed by atoms with Crippen LogP contribution in [0.25, 0.3) is 0 Å². The van der Waals surface area contributed by atoms with Crippen LogP contribution in [0, 0.1) is 11.8 Å². The summed E-state index contributed by atoms with van der Waals surface area (Å²) in [5, 5.41) is 2.61. The highest BCUT2D eigenvalue weighted by Gasteiger charge is 2.33. The van der Waals surface area contributed by atoms with Crippen LogP contribution < -0.4 is 5.32 Å². The molecule has 1 saturated heterocycles. The molecule has 3 rings (SSSR count). The van der Waals surface area contributed by atoms with E-state index < -0.39 is 11.7 Å². The first-order valence-electron chi connectivity index (χ1n) is 8.16. The minimum absolute atomic E-state index is 0.190. The van der Waals surface area contributed by atoms with Crippen LogP contribution in [0.5, 0.6) is 0 Å². The second-order valence-corrected chi connectivity index (χ2v) is 6.55. The third-order valence-electron chi connectivity index (χ3n) is 5.02. The highest BCUT2D eigenvalue weighted by molar-refractivity contribution is 5.89. The van der Waals surface area contributed by atoms with Crippen molar-refractivity contribution in [3.05, 3.63) is 29.8 Å². The smallest absolute Gasteiger partial charge is 0.324 e. The maximum Gasteiger partial charge on any atom is 0.416 e. The summed E-state index contributed by atoms with van der Waals surface area (Å²) >= 11 is 0. The van der Waals surface area contributed by atoms with E-state index in [1.807, 2.05) is 0 Å². The number of anilines is 1. The van der Waals surface area contributed by atoms with Gasteiger partial charge in [-0.1, -0.05) is 25.3 Å². The number of hydrogen-bond donors (Lipinski definition) is 1. The van der Waals surface area contributed by atoms with Gasteiger partial charge >= 0.3 is 12.2 Å². The predicted molar refractivity (Wildman–Crippen MR) is 82.1 cm³/mol. The van der Waals surface area contributed by atoms with Crippen LogP contribution in [0.4, 0.5) is 23.7 Å². The molecule has 0 radical (unpaired) electrons. The summed E-state index contributed by atoms with van der Waals surface area (Å²) in [5.41, 5.74) is -0.558. The number of benzene rings is 1. The van der Waals surface area contributed by atoms with Gasteiger partial charge in [0, 0.05) is 18.8 Å². The third kappa shape index (κ3) is 3.79. The number of carbonyl (C=O) groups excluding carboxylic acids is 1. The molecule has 2 amide bonds. The van der Waals surface area contributed by atoms with Crippen LogP contribution in [0.2, 0.25) is 0 Å². The topological polar surface area (TPSA) is 32.3 Å². The summed E-state index contributed by atoms with van der Waals surface area (Å²) in [5.74, 6) is 1.26. The Morgan fingerprint density at radius 2 is 1.87 bits per heavy atom. The SMILES string of the molecule is O=C(Nc1cccc(C(F)(F)F)c1)N1CC[C@@H]2CCCC[C@H]2C1. The minimum atomic E-state index is -4.40. The van der Waals surface area contributed by atoms with Crippen molar-refractivity contribution in [1.82, 2.24) is 4.90 Å². The summed E-state index contributed by atoms with van der Waals surface area (Å²) in [7, 11) is 0. The van der Waals surface area contributed by atoms with Gasteiger partial charge in [-0.25, -0.2) is 4.79 Å². The zero-order chi connectivity index (χ0) is 16.4. The molecule has 23 heavy (non-hydrogen) atoms. The van der Waals surface area contributed by atoms with Gasteiger partial charge in [0.05, 0.1) is 5.56 Å². The molecule has 2 atom stereocenters. The van der Waals surface area contributed by atoms with Crippen molar-refractivity contribution >= 4 is 11.7 Å². The largest absolute Gasteiger partial charge is 0.416 e. The molecule has 2 fully saturated rings. The van der Waals surface area contributed by atoms with Crippen molar-refractivity contribution < 1.29 is 18.0 Å². The second kappa shape index (κ2) is 6.42. The zero-order valence-electron chi connectivity index (χ0n) is 12.9. The summed E-state index contributed by atoms with van der Waals surface area (Å²) in [6.45, 7) is 1.40. The van der Waals surface area contributed by atoms with E-state index in [0.717, 1.165) is 31.5 Å². The van der Waals surface area contributed by atoms with Crippen molar-refractivity contribution in [2.75, 3.05) is 18.4 Å². The normalized spacial score (nSPS) is 24.9. The van der Waals surface area contributed by atoms with E-state index in [-0.39, 0.29) is 11.7 Å². The lowest BCUT2D eigenvalue weighted by molar-refractivity contribution is -0.137. The Kier molecular flexibility index (Phi) is 4.50. The number of halogens is 3. The van der Waals surface area contributed by atoms with Gasteiger partial charge in [0.15, 0.2) is 0 Å². The van der Waals surface area contributed by atoms with Crippen molar-refractivity contribution in [2.24, 2.45) is 11.8 Å². The molecule has 6 heteroatoms. The molecule has 1 heterocycles. The number of amides is 2. The molecule has 1 aromatic carbocycles. The lowest BCUT2D eigenvalue weighted by atomic mass is 9.75. The summed E-state index contributed by atoms with van der Waals surface area (Å²) in [6, 6.07) is 4.48. The minimum Gasteiger partial charge on any atom is -0.324 e. The Morgan fingerprint density at radius 3 is 2.61 bits per heavy atom. The second-order valence-electron chi connectivity index (χ2n) is 6.55. The number of rotatable bonds is 1. The first kappa shape index (κ1) is 16.1. The maximum absolute atomic E-state index is 12.7. The van der Waals surface area contributed by atoms with E-state index in [1.165, 1.54) is 31.4 Å². The molecular weight excluding hydrogens is 305 g/mol. The van der Waals surface area contributed by atoms with E-state index in [4.69, 9.17) is 0 Å². The molecule has 1 aromatic rings. The average molecular weight is 326 g/mol. The number of urea groups is 1. The van der Waals surface area contributed by atoms with E-state index in [0.29, 0.717) is 18.4 Å². The Morgan fingerprint density at radius 1 is 1.13 bits per heavy atom. The lowest BCUT2D eigenvalue weighted by Crippen LogP contribution is -2.46. The monoisotopic (exact) mass is 326 g/mol. The van der Waals surface area contributed by atoms with E-state index in [2.05, 4.69) is 5.32 Å². The zero-order valence-corrected chi connectivity index (χ0v) is 12.9. The first-order valence-corrected chi connectivity index (χ1v) is 8.16. The number of piperidine rings is 1. The summed E-state index contributed by atoms with van der Waals surface area (Å²) in [4.78, 5) is 14.1. The van der Waals surface area contributed by atoms with Gasteiger partial charge in [-0.15, -0.1) is 0 Å². The van der Waals surface area contributed by atoms with Gasteiger partial charge in [-0.2, -0.15) is 13.2 Å². The Labute approximate surface area is 133 Å². The lowest BCUT2D eigenvalue weighted by Gasteiger charge is -2.41. The number of alkyl halides is 3. The van der Waals surface area contributed by atoms with Crippen molar-refractivity contribution in [2.45, 2.75) is 38.3 Å². The molecule has 3 nitrogen and oxygen atoms in total. The molecule has 1 saturated carbocycles. The molecule has 0 spiro atoms. The van der Waals surface area contributed by atoms with Crippen LogP contribution in [0.3, 0.4) is 0 Å². The van der Waals surface area contributed by atoms with Crippen LogP contribution >= 0.6 is 0 Å². The van der Waals surface area contributed by atoms with Gasteiger partial charge in [-0.3, -0.25) is 0 Å². The number of nitrogens with one attached hydrogen (secondary N) is 1. The molecule has 0 aromatic heterocycles. The standard InChI is InChI=1S/C17H21F3N2O/c18-17(19,20)14-6-3-7-15(10-14)21-16(23)22-9-8-12-4-1-2-5-13(12)11-22/h3,6-7,10,12-13H,1-2,4-5,8-9,11H2,(H,21,23)/t12-,13-/m0/s1. The highest BCUT2D eigenvalue weighted by atomic mass is 19.4. The molecule has 126 valence electrons. The number of nitrogens with zero attached hydrogens (tertiary/aromatic N) is 1. The Bertz CT molecular complexity index is 573. The van der Waals surface area contributed by atoms with Gasteiger partial charge in [-0.05, 0) is 42.9 Å². The molecule has 1 aliphatic heterocycles. The Hall–Kier alpha value is -1.72. The van der Waals surface area contributed by atoms with Crippen molar-refractivity contribution in [3.8, 4) is 0 Å². The van der Waals surface area contributed by atoms with E-state index in [1.54, 1.807) is 4.90 Å². The molecule has 2 aliphatic rings. The first-order chi connectivity index (χ1) is 10.9. The molecule has 0 unspecified atom stereocenters. The van der Waals surface area contributed by atoms with Crippen LogP contribution in [-0.2, 0) is 6.18 Å². The summed E-state index contributed by atoms with van der Waals surface area (Å²) in [6.07, 6.45) is 1.48. The number of carbonyl (C=O) groups is 1. The number of fused-ring (bicyclic) bond motifs is 1. The van der Waals surface area contributed by atoms with Gasteiger partial charge in [0.1, 0.15) is 0 Å². The maximum atomic E-state index is 12.7.